The van der Waals surface area contributed by atoms with Crippen molar-refractivity contribution >= 4 is 5.91 Å². The number of carbonyl (C=O) groups is 1. The lowest BCUT2D eigenvalue weighted by Crippen LogP contribution is -2.30. The third kappa shape index (κ3) is 4.76. The number of amides is 1. The van der Waals surface area contributed by atoms with Crippen LogP contribution in [0.15, 0.2) is 24.3 Å². The van der Waals surface area contributed by atoms with E-state index in [1.54, 1.807) is 4.90 Å². The van der Waals surface area contributed by atoms with Crippen LogP contribution in [-0.4, -0.2) is 29.6 Å². The van der Waals surface area contributed by atoms with Gasteiger partial charge in [-0.1, -0.05) is 37.8 Å². The van der Waals surface area contributed by atoms with Gasteiger partial charge in [0.2, 0.25) is 5.91 Å². The van der Waals surface area contributed by atoms with E-state index in [0.29, 0.717) is 6.54 Å². The predicted molar refractivity (Wildman–Crippen MR) is 76.3 cm³/mol. The Labute approximate surface area is 115 Å². The molecule has 0 radical (unpaired) electrons. The van der Waals surface area contributed by atoms with E-state index < -0.39 is 0 Å². The summed E-state index contributed by atoms with van der Waals surface area (Å²) in [4.78, 5) is 13.7. The molecule has 3 heteroatoms. The SMILES string of the molecule is CCC(C)C(=O)N(C)Cc1ccc(C#CCO)cc1. The van der Waals surface area contributed by atoms with Gasteiger partial charge < -0.3 is 10.0 Å². The van der Waals surface area contributed by atoms with E-state index in [-0.39, 0.29) is 18.4 Å². The van der Waals surface area contributed by atoms with E-state index in [9.17, 15) is 4.79 Å². The number of aliphatic hydroxyl groups is 1. The van der Waals surface area contributed by atoms with Crippen molar-refractivity contribution in [2.24, 2.45) is 5.92 Å². The smallest absolute Gasteiger partial charge is 0.225 e. The Morgan fingerprint density at radius 1 is 1.37 bits per heavy atom. The van der Waals surface area contributed by atoms with Crippen LogP contribution < -0.4 is 0 Å². The molecule has 0 aliphatic heterocycles. The molecule has 1 atom stereocenters. The summed E-state index contributed by atoms with van der Waals surface area (Å²) in [5.41, 5.74) is 1.95. The van der Waals surface area contributed by atoms with Crippen LogP contribution in [0, 0.1) is 17.8 Å². The Morgan fingerprint density at radius 2 is 2.00 bits per heavy atom. The fraction of sp³-hybridized carbons (Fsp3) is 0.438. The minimum absolute atomic E-state index is 0.0692. The highest BCUT2D eigenvalue weighted by atomic mass is 16.2. The molecule has 0 saturated heterocycles. The maximum Gasteiger partial charge on any atom is 0.225 e. The lowest BCUT2D eigenvalue weighted by Gasteiger charge is -2.20. The molecule has 0 aliphatic rings. The highest BCUT2D eigenvalue weighted by Gasteiger charge is 2.15. The molecule has 102 valence electrons. The average Bonchev–Trinajstić information content (AvgIpc) is 2.44. The molecule has 0 aliphatic carbocycles. The monoisotopic (exact) mass is 259 g/mol. The zero-order valence-corrected chi connectivity index (χ0v) is 11.8. The van der Waals surface area contributed by atoms with Gasteiger partial charge in [0, 0.05) is 25.1 Å². The molecule has 1 rings (SSSR count). The molecule has 1 unspecified atom stereocenters. The Morgan fingerprint density at radius 3 is 2.53 bits per heavy atom. The molecule has 1 amide bonds. The first kappa shape index (κ1) is 15.3. The zero-order chi connectivity index (χ0) is 14.3. The van der Waals surface area contributed by atoms with Crippen molar-refractivity contribution in [3.63, 3.8) is 0 Å². The molecule has 1 aromatic rings. The van der Waals surface area contributed by atoms with Crippen LogP contribution >= 0.6 is 0 Å². The van der Waals surface area contributed by atoms with Gasteiger partial charge in [-0.05, 0) is 24.1 Å². The van der Waals surface area contributed by atoms with Gasteiger partial charge in [0.25, 0.3) is 0 Å². The molecule has 0 saturated carbocycles. The van der Waals surface area contributed by atoms with Crippen LogP contribution in [0.4, 0.5) is 0 Å². The van der Waals surface area contributed by atoms with E-state index in [4.69, 9.17) is 5.11 Å². The number of benzene rings is 1. The molecule has 19 heavy (non-hydrogen) atoms. The second-order valence-electron chi connectivity index (χ2n) is 4.66. The summed E-state index contributed by atoms with van der Waals surface area (Å²) in [6.07, 6.45) is 0.860. The van der Waals surface area contributed by atoms with Crippen LogP contribution in [0.1, 0.15) is 31.4 Å². The quantitative estimate of drug-likeness (QED) is 0.841. The van der Waals surface area contributed by atoms with Crippen LogP contribution in [-0.2, 0) is 11.3 Å². The van der Waals surface area contributed by atoms with Gasteiger partial charge in [-0.15, -0.1) is 0 Å². The summed E-state index contributed by atoms with van der Waals surface area (Å²) in [5, 5.41) is 8.62. The Balaban J connectivity index is 2.65. The van der Waals surface area contributed by atoms with Crippen molar-refractivity contribution < 1.29 is 9.90 Å². The molecule has 1 N–H and O–H groups in total. The maximum absolute atomic E-state index is 12.0. The van der Waals surface area contributed by atoms with Gasteiger partial charge in [0.05, 0.1) is 0 Å². The summed E-state index contributed by atoms with van der Waals surface area (Å²) in [6, 6.07) is 7.72. The molecular formula is C16H21NO2. The molecule has 0 spiro atoms. The molecule has 0 bridgehead atoms. The van der Waals surface area contributed by atoms with E-state index in [2.05, 4.69) is 11.8 Å². The van der Waals surface area contributed by atoms with Crippen molar-refractivity contribution in [3.05, 3.63) is 35.4 Å². The second kappa shape index (κ2) is 7.60. The van der Waals surface area contributed by atoms with Crippen molar-refractivity contribution in [2.45, 2.75) is 26.8 Å². The average molecular weight is 259 g/mol. The number of aliphatic hydroxyl groups excluding tert-OH is 1. The minimum Gasteiger partial charge on any atom is -0.384 e. The van der Waals surface area contributed by atoms with E-state index >= 15 is 0 Å². The first-order valence-corrected chi connectivity index (χ1v) is 6.52. The van der Waals surface area contributed by atoms with E-state index in [0.717, 1.165) is 17.5 Å². The minimum atomic E-state index is -0.131. The highest BCUT2D eigenvalue weighted by Crippen LogP contribution is 2.10. The fourth-order valence-electron chi connectivity index (χ4n) is 1.74. The lowest BCUT2D eigenvalue weighted by molar-refractivity contribution is -0.134. The normalized spacial score (nSPS) is 11.4. The Bertz CT molecular complexity index is 468. The molecule has 0 heterocycles. The summed E-state index contributed by atoms with van der Waals surface area (Å²) in [5.74, 6) is 5.69. The third-order valence-electron chi connectivity index (χ3n) is 3.10. The van der Waals surface area contributed by atoms with E-state index in [1.807, 2.05) is 45.2 Å². The van der Waals surface area contributed by atoms with Gasteiger partial charge in [-0.3, -0.25) is 4.79 Å². The summed E-state index contributed by atoms with van der Waals surface area (Å²) >= 11 is 0. The van der Waals surface area contributed by atoms with Gasteiger partial charge in [0.1, 0.15) is 6.61 Å². The van der Waals surface area contributed by atoms with Crippen LogP contribution in [0.2, 0.25) is 0 Å². The van der Waals surface area contributed by atoms with Crippen LogP contribution in [0.5, 0.6) is 0 Å². The number of carbonyl (C=O) groups excluding carboxylic acids is 1. The standard InChI is InChI=1S/C16H21NO2/c1-4-13(2)16(19)17(3)12-15-9-7-14(8-10-15)6-5-11-18/h7-10,13,18H,4,11-12H2,1-3H3. The highest BCUT2D eigenvalue weighted by molar-refractivity contribution is 5.78. The fourth-order valence-corrected chi connectivity index (χ4v) is 1.74. The third-order valence-corrected chi connectivity index (χ3v) is 3.10. The van der Waals surface area contributed by atoms with Gasteiger partial charge in [-0.2, -0.15) is 0 Å². The van der Waals surface area contributed by atoms with Gasteiger partial charge >= 0.3 is 0 Å². The topological polar surface area (TPSA) is 40.5 Å². The zero-order valence-electron chi connectivity index (χ0n) is 11.8. The first-order chi connectivity index (χ1) is 9.08. The van der Waals surface area contributed by atoms with Crippen LogP contribution in [0.25, 0.3) is 0 Å². The molecule has 0 fully saturated rings. The van der Waals surface area contributed by atoms with Crippen molar-refractivity contribution in [2.75, 3.05) is 13.7 Å². The number of hydrogen-bond donors (Lipinski definition) is 1. The largest absolute Gasteiger partial charge is 0.384 e. The van der Waals surface area contributed by atoms with Gasteiger partial charge in [-0.25, -0.2) is 0 Å². The van der Waals surface area contributed by atoms with Crippen molar-refractivity contribution in [1.29, 1.82) is 0 Å². The Hall–Kier alpha value is -1.79. The maximum atomic E-state index is 12.0. The lowest BCUT2D eigenvalue weighted by atomic mass is 10.1. The molecular weight excluding hydrogens is 238 g/mol. The number of hydrogen-bond acceptors (Lipinski definition) is 2. The summed E-state index contributed by atoms with van der Waals surface area (Å²) in [7, 11) is 1.83. The molecule has 0 aromatic heterocycles. The number of rotatable bonds is 4. The second-order valence-corrected chi connectivity index (χ2v) is 4.66. The first-order valence-electron chi connectivity index (χ1n) is 6.52. The molecule has 3 nitrogen and oxygen atoms in total. The van der Waals surface area contributed by atoms with Crippen molar-refractivity contribution in [3.8, 4) is 11.8 Å². The predicted octanol–water partition coefficient (Wildman–Crippen LogP) is 2.03. The van der Waals surface area contributed by atoms with Crippen molar-refractivity contribution in [1.82, 2.24) is 4.90 Å². The van der Waals surface area contributed by atoms with E-state index in [1.165, 1.54) is 0 Å². The molecule has 1 aromatic carbocycles. The summed E-state index contributed by atoms with van der Waals surface area (Å²) < 4.78 is 0. The van der Waals surface area contributed by atoms with Gasteiger partial charge in [0.15, 0.2) is 0 Å². The van der Waals surface area contributed by atoms with Crippen LogP contribution in [0.3, 0.4) is 0 Å². The number of nitrogens with zero attached hydrogens (tertiary/aromatic N) is 1. The Kier molecular flexibility index (Phi) is 6.11. The summed E-state index contributed by atoms with van der Waals surface area (Å²) in [6.45, 7) is 4.45.